The van der Waals surface area contributed by atoms with Crippen LogP contribution < -0.4 is 45.3 Å². The molecule has 4 aliphatic heterocycles. The molecule has 79 heavy (non-hydrogen) atoms. The number of carboxylic acid groups (broad SMARTS) is 1. The summed E-state index contributed by atoms with van der Waals surface area (Å²) in [6.45, 7) is -0.777. The number of hydrogen-bond acceptors (Lipinski definition) is 24. The van der Waals surface area contributed by atoms with Crippen molar-refractivity contribution >= 4 is 28.6 Å². The van der Waals surface area contributed by atoms with Gasteiger partial charge in [0.15, 0.2) is 18.9 Å². The molecule has 4 aliphatic rings. The summed E-state index contributed by atoms with van der Waals surface area (Å²) in [6.07, 6.45) is -33.5. The average molecular weight is 1130 g/mol. The van der Waals surface area contributed by atoms with E-state index in [4.69, 9.17) is 37.9 Å². The number of rotatable bonds is 23. The molecule has 0 aromatic heterocycles. The minimum absolute atomic E-state index is 0. The van der Waals surface area contributed by atoms with Crippen LogP contribution in [0.4, 0.5) is 0 Å². The summed E-state index contributed by atoms with van der Waals surface area (Å²) in [5, 5.41) is 150. The second-order valence-corrected chi connectivity index (χ2v) is 19.9. The van der Waals surface area contributed by atoms with Crippen molar-refractivity contribution in [3.8, 4) is 0 Å². The van der Waals surface area contributed by atoms with E-state index in [0.717, 1.165) is 23.4 Å². The van der Waals surface area contributed by atoms with Gasteiger partial charge in [-0.1, -0.05) is 54.6 Å². The van der Waals surface area contributed by atoms with Crippen molar-refractivity contribution < 1.29 is 148 Å². The number of carbonyl (C=O) groups excluding carboxylic acids is 3. The Morgan fingerprint density at radius 1 is 0.709 bits per heavy atom. The van der Waals surface area contributed by atoms with Crippen molar-refractivity contribution in [2.24, 2.45) is 0 Å². The number of hydrogen-bond donors (Lipinski definition) is 14. The molecule has 0 unspecified atom stereocenters. The zero-order valence-electron chi connectivity index (χ0n) is 43.7. The van der Waals surface area contributed by atoms with E-state index in [2.05, 4.69) is 10.6 Å². The Hall–Kier alpha value is -3.47. The largest absolute Gasteiger partial charge is 1.00 e. The van der Waals surface area contributed by atoms with Crippen molar-refractivity contribution in [2.45, 2.75) is 174 Å². The number of amides is 2. The van der Waals surface area contributed by atoms with Gasteiger partial charge in [0.05, 0.1) is 44.7 Å². The normalized spacial score (nSPS) is 35.7. The second-order valence-electron chi connectivity index (χ2n) is 19.9. The average Bonchev–Trinajstić information content (AvgIpc) is 3.50. The zero-order valence-corrected chi connectivity index (χ0v) is 45.7. The third-order valence-corrected chi connectivity index (χ3v) is 14.4. The van der Waals surface area contributed by atoms with E-state index in [0.29, 0.717) is 31.1 Å². The van der Waals surface area contributed by atoms with Gasteiger partial charge in [-0.05, 0) is 66.6 Å². The molecular weight excluding hydrogens is 1060 g/mol. The van der Waals surface area contributed by atoms with Gasteiger partial charge < -0.3 is 120 Å². The molecule has 0 spiro atoms. The van der Waals surface area contributed by atoms with Crippen LogP contribution in [0.25, 0.3) is 10.8 Å². The van der Waals surface area contributed by atoms with Gasteiger partial charge in [-0.25, -0.2) is 0 Å². The molecule has 4 heterocycles. The minimum Gasteiger partial charge on any atom is -0.544 e. The van der Waals surface area contributed by atoms with Gasteiger partial charge >= 0.3 is 29.6 Å². The van der Waals surface area contributed by atoms with Gasteiger partial charge in [0, 0.05) is 25.5 Å². The molecule has 0 aliphatic carbocycles. The number of aryl methyl sites for hydroxylation is 2. The molecule has 3 aromatic carbocycles. The fraction of sp³-hybridized carbons (Fsp3) is 0.635. The van der Waals surface area contributed by atoms with Crippen molar-refractivity contribution in [2.75, 3.05) is 33.0 Å². The summed E-state index contributed by atoms with van der Waals surface area (Å²) < 4.78 is 48.7. The van der Waals surface area contributed by atoms with Crippen LogP contribution in [-0.4, -0.2) is 240 Å². The topological polar surface area (TPSA) is 415 Å². The van der Waals surface area contributed by atoms with Crippen molar-refractivity contribution in [1.82, 2.24) is 10.6 Å². The molecule has 7 rings (SSSR count). The summed E-state index contributed by atoms with van der Waals surface area (Å²) >= 11 is 0. The molecule has 14 N–H and O–H groups in total. The first-order chi connectivity index (χ1) is 37.2. The standard InChI is InChI=1S/C52H72N2O24.Na/c1-24-37(62)40(65)41(66)49(72-24)76-45-36(54-47(68)30-15-14-28-12-3-4-13-29(28)19-30)48(71-17-7-11-27-9-5-8-26(18-27)10-6-16-55)74-34(23-58)43(45)75-50-42(67)46(39(64)33(22-57)73-50)78-52(51(69)70)20-31(60)35(53-25(2)59)44(77-52)38(63)32(61)21-56;/h3-5,8-9,12-15,18-19,24,31-46,48-50,55-58,60-67H,6-7,10-11,16-17,20-23H2,1-2H3,(H,53,59)(H,54,68)(H,69,70);/q;+1/p-1/t24-,31+,32+,33-,34-,35+,36-,37+,38+,39-,40-,41-,42-,43+,44+,45+,46-,48+,49-,50-,52-;/m0./s1. The Bertz CT molecular complexity index is 2450. The number of aliphatic hydroxyl groups excluding tert-OH is 12. The Morgan fingerprint density at radius 3 is 2.00 bits per heavy atom. The van der Waals surface area contributed by atoms with E-state index in [9.17, 15) is 80.8 Å². The van der Waals surface area contributed by atoms with Gasteiger partial charge in [0.1, 0.15) is 91.4 Å². The molecule has 0 radical (unpaired) electrons. The third-order valence-electron chi connectivity index (χ3n) is 14.4. The Labute approximate surface area is 476 Å². The van der Waals surface area contributed by atoms with Crippen molar-refractivity contribution in [1.29, 1.82) is 0 Å². The van der Waals surface area contributed by atoms with Crippen LogP contribution in [0.2, 0.25) is 0 Å². The number of aliphatic carboxylic acids is 1. The number of fused-ring (bicyclic) bond motifs is 1. The maximum atomic E-state index is 14.5. The van der Waals surface area contributed by atoms with Crippen LogP contribution in [0.1, 0.15) is 54.6 Å². The molecule has 21 atom stereocenters. The first kappa shape index (κ1) is 64.7. The summed E-state index contributed by atoms with van der Waals surface area (Å²) in [4.78, 5) is 39.8. The smallest absolute Gasteiger partial charge is 0.544 e. The minimum atomic E-state index is -3.26. The molecule has 2 amide bonds. The summed E-state index contributed by atoms with van der Waals surface area (Å²) in [5.41, 5.74) is 2.08. The molecule has 26 nitrogen and oxygen atoms in total. The number of ether oxygens (including phenoxy) is 8. The molecule has 27 heteroatoms. The molecule has 434 valence electrons. The van der Waals surface area contributed by atoms with Gasteiger partial charge in [-0.2, -0.15) is 0 Å². The number of carboxylic acids is 1. The van der Waals surface area contributed by atoms with Crippen LogP contribution in [0.15, 0.2) is 66.7 Å². The van der Waals surface area contributed by atoms with E-state index in [-0.39, 0.29) is 48.3 Å². The molecule has 3 aromatic rings. The zero-order chi connectivity index (χ0) is 56.6. The Morgan fingerprint density at radius 2 is 1.35 bits per heavy atom. The molecular formula is C52H71N2NaO24. The van der Waals surface area contributed by atoms with E-state index >= 15 is 0 Å². The maximum absolute atomic E-state index is 14.5. The predicted octanol–water partition coefficient (Wildman–Crippen LogP) is -8.53. The first-order valence-electron chi connectivity index (χ1n) is 25.7. The third kappa shape index (κ3) is 15.2. The summed E-state index contributed by atoms with van der Waals surface area (Å²) in [6, 6.07) is 16.6. The second kappa shape index (κ2) is 29.2. The quantitative estimate of drug-likeness (QED) is 0.0310. The van der Waals surface area contributed by atoms with Crippen LogP contribution in [0.3, 0.4) is 0 Å². The van der Waals surface area contributed by atoms with Gasteiger partial charge in [0.2, 0.25) is 11.7 Å². The van der Waals surface area contributed by atoms with Crippen LogP contribution in [0, 0.1) is 0 Å². The van der Waals surface area contributed by atoms with Gasteiger partial charge in [-0.3, -0.25) is 9.59 Å². The number of carbonyl (C=O) groups is 3. The fourth-order valence-electron chi connectivity index (χ4n) is 10.1. The van der Waals surface area contributed by atoms with Crippen LogP contribution >= 0.6 is 0 Å². The summed E-state index contributed by atoms with van der Waals surface area (Å²) in [5.74, 6) is -7.08. The fourth-order valence-corrected chi connectivity index (χ4v) is 10.1. The van der Waals surface area contributed by atoms with Crippen LogP contribution in [0.5, 0.6) is 0 Å². The van der Waals surface area contributed by atoms with E-state index in [1.807, 2.05) is 36.4 Å². The van der Waals surface area contributed by atoms with E-state index < -0.39 is 172 Å². The number of aliphatic hydroxyl groups is 12. The Kier molecular flexibility index (Phi) is 23.9. The summed E-state index contributed by atoms with van der Waals surface area (Å²) in [7, 11) is 0. The van der Waals surface area contributed by atoms with Gasteiger partial charge in [-0.15, -0.1) is 0 Å². The van der Waals surface area contributed by atoms with Crippen molar-refractivity contribution in [3.63, 3.8) is 0 Å². The van der Waals surface area contributed by atoms with E-state index in [1.54, 1.807) is 30.3 Å². The van der Waals surface area contributed by atoms with Crippen molar-refractivity contribution in [3.05, 3.63) is 83.4 Å². The van der Waals surface area contributed by atoms with E-state index in [1.165, 1.54) is 6.92 Å². The SMILES string of the molecule is CC(=O)N[C@H]1[C@H]([C@H](O)[C@H](O)CO)O[C@@](O[C@@H]2[C@H](O)[C@H](O[C@H]3[C@H](O[C@@H]4O[C@@H](C)[C@@H](O)[C@H](O)[C@@H]4O)[C@H](NC(=O)c4ccc5ccccc5c4)[C@H](OCCCc4cccc(CCCO)c4)O[C@H]3CO)O[C@@H](CO)[C@@H]2O)(C(=O)[O-])C[C@H]1O.[Na+]. The molecule has 4 fully saturated rings. The predicted molar refractivity (Wildman–Crippen MR) is 262 cm³/mol. The molecule has 0 saturated carbocycles. The van der Waals surface area contributed by atoms with Gasteiger partial charge in [0.25, 0.3) is 5.91 Å². The maximum Gasteiger partial charge on any atom is 1.00 e. The first-order valence-corrected chi connectivity index (χ1v) is 25.7. The monoisotopic (exact) mass is 1130 g/mol. The molecule has 4 saturated heterocycles. The number of benzene rings is 3. The number of nitrogens with one attached hydrogen (secondary N) is 2. The Balaban J connectivity index is 0.0000101. The van der Waals surface area contributed by atoms with Crippen LogP contribution in [-0.2, 0) is 60.3 Å². The molecule has 0 bridgehead atoms.